The van der Waals surface area contributed by atoms with Crippen molar-refractivity contribution in [1.82, 2.24) is 5.32 Å². The molecule has 1 aliphatic rings. The molecular weight excluding hydrogens is 322 g/mol. The number of carboxylic acids is 1. The van der Waals surface area contributed by atoms with Crippen LogP contribution in [-0.4, -0.2) is 17.0 Å². The number of benzene rings is 1. The highest BCUT2D eigenvalue weighted by molar-refractivity contribution is 9.10. The molecule has 0 bridgehead atoms. The number of hydrogen-bond donors (Lipinski definition) is 2. The Morgan fingerprint density at radius 1 is 1.25 bits per heavy atom. The molecule has 4 nitrogen and oxygen atoms in total. The van der Waals surface area contributed by atoms with Crippen molar-refractivity contribution in [2.24, 2.45) is 17.3 Å². The molecule has 3 atom stereocenters. The summed E-state index contributed by atoms with van der Waals surface area (Å²) in [6.45, 7) is 5.53. The number of carbonyl (C=O) groups excluding carboxylic acids is 1. The quantitative estimate of drug-likeness (QED) is 0.886. The lowest BCUT2D eigenvalue weighted by Crippen LogP contribution is -2.29. The Bertz CT molecular complexity index is 539. The van der Waals surface area contributed by atoms with Gasteiger partial charge in [0.2, 0.25) is 5.91 Å². The number of rotatable bonds is 4. The van der Waals surface area contributed by atoms with Crippen molar-refractivity contribution < 1.29 is 14.7 Å². The summed E-state index contributed by atoms with van der Waals surface area (Å²) < 4.78 is 0.981. The fraction of sp³-hybridized carbons (Fsp3) is 0.467. The molecule has 5 heteroatoms. The van der Waals surface area contributed by atoms with E-state index in [0.29, 0.717) is 0 Å². The molecule has 1 aromatic rings. The molecule has 20 heavy (non-hydrogen) atoms. The van der Waals surface area contributed by atoms with Crippen molar-refractivity contribution in [2.75, 3.05) is 0 Å². The van der Waals surface area contributed by atoms with Crippen LogP contribution in [0, 0.1) is 17.3 Å². The number of carbonyl (C=O) groups is 2. The Morgan fingerprint density at radius 3 is 2.25 bits per heavy atom. The third kappa shape index (κ3) is 2.73. The maximum atomic E-state index is 12.2. The maximum absolute atomic E-state index is 12.2. The zero-order chi connectivity index (χ0) is 15.1. The molecule has 1 fully saturated rings. The van der Waals surface area contributed by atoms with Gasteiger partial charge in [-0.1, -0.05) is 41.9 Å². The van der Waals surface area contributed by atoms with Crippen molar-refractivity contribution in [2.45, 2.75) is 26.8 Å². The van der Waals surface area contributed by atoms with Crippen LogP contribution in [0.15, 0.2) is 28.7 Å². The highest BCUT2D eigenvalue weighted by Gasteiger charge is 2.65. The summed E-state index contributed by atoms with van der Waals surface area (Å²) in [4.78, 5) is 23.3. The van der Waals surface area contributed by atoms with Crippen molar-refractivity contribution in [3.05, 3.63) is 34.3 Å². The van der Waals surface area contributed by atoms with Crippen LogP contribution in [0.4, 0.5) is 0 Å². The molecule has 108 valence electrons. The molecule has 0 heterocycles. The van der Waals surface area contributed by atoms with E-state index in [1.165, 1.54) is 0 Å². The van der Waals surface area contributed by atoms with Crippen LogP contribution < -0.4 is 5.32 Å². The molecule has 2 rings (SSSR count). The van der Waals surface area contributed by atoms with E-state index in [2.05, 4.69) is 21.2 Å². The van der Waals surface area contributed by atoms with Crippen LogP contribution in [-0.2, 0) is 9.59 Å². The van der Waals surface area contributed by atoms with Gasteiger partial charge in [-0.15, -0.1) is 0 Å². The van der Waals surface area contributed by atoms with Gasteiger partial charge in [-0.25, -0.2) is 0 Å². The Labute approximate surface area is 126 Å². The van der Waals surface area contributed by atoms with Crippen molar-refractivity contribution in [3.8, 4) is 0 Å². The third-order valence-corrected chi connectivity index (χ3v) is 4.63. The van der Waals surface area contributed by atoms with Crippen molar-refractivity contribution >= 4 is 27.8 Å². The Hall–Kier alpha value is -1.36. The first-order valence-electron chi connectivity index (χ1n) is 6.53. The molecule has 2 N–H and O–H groups in total. The van der Waals surface area contributed by atoms with E-state index in [-0.39, 0.29) is 11.9 Å². The van der Waals surface area contributed by atoms with E-state index in [1.54, 1.807) is 0 Å². The molecule has 0 aliphatic heterocycles. The predicted octanol–water partition coefficient (Wildman–Crippen LogP) is 2.98. The minimum absolute atomic E-state index is 0.138. The summed E-state index contributed by atoms with van der Waals surface area (Å²) in [7, 11) is 0. The predicted molar refractivity (Wildman–Crippen MR) is 79.1 cm³/mol. The van der Waals surface area contributed by atoms with Gasteiger partial charge in [0.15, 0.2) is 0 Å². The highest BCUT2D eigenvalue weighted by atomic mass is 79.9. The van der Waals surface area contributed by atoms with Gasteiger partial charge >= 0.3 is 5.97 Å². The van der Waals surface area contributed by atoms with Crippen LogP contribution in [0.25, 0.3) is 0 Å². The second kappa shape index (κ2) is 5.20. The number of nitrogens with one attached hydrogen (secondary N) is 1. The molecule has 1 aliphatic carbocycles. The van der Waals surface area contributed by atoms with Crippen LogP contribution in [0.1, 0.15) is 32.4 Å². The molecule has 0 spiro atoms. The van der Waals surface area contributed by atoms with Crippen molar-refractivity contribution in [1.29, 1.82) is 0 Å². The third-order valence-electron chi connectivity index (χ3n) is 4.10. The molecule has 1 saturated carbocycles. The number of amides is 1. The number of hydrogen-bond acceptors (Lipinski definition) is 2. The molecule has 1 aromatic carbocycles. The average Bonchev–Trinajstić information content (AvgIpc) is 2.93. The minimum atomic E-state index is -0.897. The second-order valence-electron chi connectivity index (χ2n) is 5.90. The first kappa shape index (κ1) is 15.0. The Morgan fingerprint density at radius 2 is 1.80 bits per heavy atom. The van der Waals surface area contributed by atoms with Crippen LogP contribution in [0.5, 0.6) is 0 Å². The van der Waals surface area contributed by atoms with E-state index < -0.39 is 23.2 Å². The van der Waals surface area contributed by atoms with Gasteiger partial charge in [-0.05, 0) is 30.0 Å². The summed E-state index contributed by atoms with van der Waals surface area (Å²) in [5.41, 5.74) is 0.530. The van der Waals surface area contributed by atoms with E-state index in [1.807, 2.05) is 45.0 Å². The molecule has 0 radical (unpaired) electrons. The van der Waals surface area contributed by atoms with Crippen LogP contribution in [0.2, 0.25) is 0 Å². The summed E-state index contributed by atoms with van der Waals surface area (Å²) in [5, 5.41) is 12.0. The first-order valence-corrected chi connectivity index (χ1v) is 7.33. The van der Waals surface area contributed by atoms with Gasteiger partial charge in [0.1, 0.15) is 0 Å². The summed E-state index contributed by atoms with van der Waals surface area (Å²) >= 11 is 3.36. The van der Waals surface area contributed by atoms with Gasteiger partial charge in [0.05, 0.1) is 17.9 Å². The SMILES string of the molecule is C[C@H](NC(=O)C1C(C(=O)O)C1(C)C)c1ccc(Br)cc1. The lowest BCUT2D eigenvalue weighted by atomic mass is 10.1. The van der Waals surface area contributed by atoms with E-state index in [0.717, 1.165) is 10.0 Å². The monoisotopic (exact) mass is 339 g/mol. The lowest BCUT2D eigenvalue weighted by molar-refractivity contribution is -0.140. The first-order chi connectivity index (χ1) is 9.25. The largest absolute Gasteiger partial charge is 0.481 e. The standard InChI is InChI=1S/C15H18BrNO3/c1-8(9-4-6-10(16)7-5-9)17-13(18)11-12(14(19)20)15(11,2)3/h4-8,11-12H,1-3H3,(H,17,18)(H,19,20)/t8-,11?,12?/m0/s1. The highest BCUT2D eigenvalue weighted by Crippen LogP contribution is 2.58. The topological polar surface area (TPSA) is 66.4 Å². The zero-order valence-electron chi connectivity index (χ0n) is 11.7. The lowest BCUT2D eigenvalue weighted by Gasteiger charge is -2.15. The minimum Gasteiger partial charge on any atom is -0.481 e. The van der Waals surface area contributed by atoms with Crippen LogP contribution in [0.3, 0.4) is 0 Å². The van der Waals surface area contributed by atoms with Gasteiger partial charge in [0.25, 0.3) is 0 Å². The van der Waals surface area contributed by atoms with Gasteiger partial charge < -0.3 is 10.4 Å². The van der Waals surface area contributed by atoms with Crippen LogP contribution >= 0.6 is 15.9 Å². The van der Waals surface area contributed by atoms with Gasteiger partial charge in [-0.2, -0.15) is 0 Å². The average molecular weight is 340 g/mol. The number of aliphatic carboxylic acids is 1. The molecular formula is C15H18BrNO3. The smallest absolute Gasteiger partial charge is 0.307 e. The zero-order valence-corrected chi connectivity index (χ0v) is 13.3. The second-order valence-corrected chi connectivity index (χ2v) is 6.81. The van der Waals surface area contributed by atoms with Gasteiger partial charge in [-0.3, -0.25) is 9.59 Å². The summed E-state index contributed by atoms with van der Waals surface area (Å²) in [6, 6.07) is 7.56. The molecule has 2 unspecified atom stereocenters. The Balaban J connectivity index is 2.02. The molecule has 0 aromatic heterocycles. The van der Waals surface area contributed by atoms with E-state index >= 15 is 0 Å². The fourth-order valence-electron chi connectivity index (χ4n) is 2.73. The number of carboxylic acid groups (broad SMARTS) is 1. The fourth-order valence-corrected chi connectivity index (χ4v) is 2.99. The Kier molecular flexibility index (Phi) is 3.91. The summed E-state index contributed by atoms with van der Waals surface area (Å²) in [5.74, 6) is -2.11. The van der Waals surface area contributed by atoms with Gasteiger partial charge in [0, 0.05) is 4.47 Å². The van der Waals surface area contributed by atoms with E-state index in [4.69, 9.17) is 5.11 Å². The number of halogens is 1. The van der Waals surface area contributed by atoms with E-state index in [9.17, 15) is 9.59 Å². The maximum Gasteiger partial charge on any atom is 0.307 e. The summed E-state index contributed by atoms with van der Waals surface area (Å²) in [6.07, 6.45) is 0. The van der Waals surface area contributed by atoms with Crippen molar-refractivity contribution in [3.63, 3.8) is 0 Å². The normalized spacial score (nSPS) is 24.8. The molecule has 0 saturated heterocycles. The molecule has 1 amide bonds.